The summed E-state index contributed by atoms with van der Waals surface area (Å²) in [4.78, 5) is 36.0. The smallest absolute Gasteiger partial charge is 0.303 e. The first kappa shape index (κ1) is 34.0. The summed E-state index contributed by atoms with van der Waals surface area (Å²) >= 11 is 0. The molecule has 8 nitrogen and oxygen atoms in total. The maximum Gasteiger partial charge on any atom is 0.303 e. The summed E-state index contributed by atoms with van der Waals surface area (Å²) in [6.07, 6.45) is 15.2. The van der Waals surface area contributed by atoms with E-state index in [1.165, 1.54) is 47.7 Å². The van der Waals surface area contributed by atoms with Gasteiger partial charge in [-0.05, 0) is 89.0 Å². The molecule has 1 amide bonds. The van der Waals surface area contributed by atoms with Crippen LogP contribution in [0.1, 0.15) is 127 Å². The van der Waals surface area contributed by atoms with Crippen LogP contribution in [0.4, 0.5) is 0 Å². The molecular formula is C36H55N3O5. The Bertz CT molecular complexity index is 1250. The van der Waals surface area contributed by atoms with E-state index in [1.807, 2.05) is 0 Å². The van der Waals surface area contributed by atoms with Crippen LogP contribution in [0.3, 0.4) is 0 Å². The van der Waals surface area contributed by atoms with Crippen molar-refractivity contribution in [3.05, 3.63) is 35.5 Å². The number of aliphatic carboxylic acids is 2. The number of carboxylic acid groups (broad SMARTS) is 2. The lowest BCUT2D eigenvalue weighted by molar-refractivity contribution is -0.138. The zero-order valence-corrected chi connectivity index (χ0v) is 27.4. The number of carbonyl (C=O) groups excluding carboxylic acids is 1. The van der Waals surface area contributed by atoms with Crippen LogP contribution in [-0.2, 0) is 20.8 Å². The summed E-state index contributed by atoms with van der Waals surface area (Å²) in [5, 5.41) is 21.5. The highest BCUT2D eigenvalue weighted by Crippen LogP contribution is 2.45. The minimum atomic E-state index is -0.784. The number of nitrogens with zero attached hydrogens (tertiary/aromatic N) is 2. The van der Waals surface area contributed by atoms with E-state index >= 15 is 0 Å². The molecule has 3 N–H and O–H groups in total. The van der Waals surface area contributed by atoms with Gasteiger partial charge in [-0.15, -0.1) is 0 Å². The summed E-state index contributed by atoms with van der Waals surface area (Å²) in [6, 6.07) is 8.16. The molecule has 1 aromatic carbocycles. The molecule has 8 heteroatoms. The van der Waals surface area contributed by atoms with E-state index in [1.54, 1.807) is 0 Å². The quantitative estimate of drug-likeness (QED) is 0.247. The van der Waals surface area contributed by atoms with Gasteiger partial charge in [-0.2, -0.15) is 0 Å². The van der Waals surface area contributed by atoms with Gasteiger partial charge in [0, 0.05) is 60.5 Å². The lowest BCUT2D eigenvalue weighted by atomic mass is 9.72. The maximum atomic E-state index is 13.4. The standard InChI is InChI=1S/C28H41N3O.C8H14O4/c1-18(2)31-17-20-15-26-24(23-10-7-11-25(31)27(20)23)14-21(16-30(26)4)28(32)29-22-9-6-5-8-19(3)12-13-22;9-7(10)5-3-1-2-4-6-8(11)12/h7,10-11,17-19,21-22,24,26H,5-6,8-9,12-16H2,1-4H3,(H,29,32);1-6H2,(H,9,10)(H,11,12)/t19?,21-,22?,24-,26-;/m1./s1. The van der Waals surface area contributed by atoms with Crippen LogP contribution in [0.15, 0.2) is 24.4 Å². The van der Waals surface area contributed by atoms with Crippen LogP contribution in [-0.4, -0.2) is 63.2 Å². The van der Waals surface area contributed by atoms with Crippen LogP contribution >= 0.6 is 0 Å². The number of hydrogen-bond acceptors (Lipinski definition) is 4. The monoisotopic (exact) mass is 609 g/mol. The van der Waals surface area contributed by atoms with Crippen molar-refractivity contribution in [1.29, 1.82) is 0 Å². The van der Waals surface area contributed by atoms with Crippen molar-refractivity contribution in [1.82, 2.24) is 14.8 Å². The summed E-state index contributed by atoms with van der Waals surface area (Å²) < 4.78 is 2.44. The summed E-state index contributed by atoms with van der Waals surface area (Å²) in [5.41, 5.74) is 4.32. The molecule has 5 rings (SSSR count). The van der Waals surface area contributed by atoms with Crippen LogP contribution in [0.2, 0.25) is 0 Å². The number of piperidine rings is 1. The number of benzene rings is 1. The molecule has 3 aliphatic rings. The van der Waals surface area contributed by atoms with E-state index in [9.17, 15) is 14.4 Å². The first-order valence-electron chi connectivity index (χ1n) is 17.1. The number of aromatic nitrogens is 1. The van der Waals surface area contributed by atoms with E-state index in [0.29, 0.717) is 42.8 Å². The van der Waals surface area contributed by atoms with E-state index < -0.39 is 11.9 Å². The van der Waals surface area contributed by atoms with Crippen LogP contribution in [0.5, 0.6) is 0 Å². The second-order valence-corrected chi connectivity index (χ2v) is 14.0. The number of amides is 1. The fraction of sp³-hybridized carbons (Fsp3) is 0.694. The number of likely N-dealkylation sites (N-methyl/N-ethyl adjacent to an activating group) is 1. The zero-order valence-electron chi connectivity index (χ0n) is 27.4. The van der Waals surface area contributed by atoms with Gasteiger partial charge in [0.25, 0.3) is 0 Å². The second kappa shape index (κ2) is 15.9. The van der Waals surface area contributed by atoms with Crippen molar-refractivity contribution in [2.75, 3.05) is 13.6 Å². The predicted octanol–water partition coefficient (Wildman–Crippen LogP) is 7.15. The molecule has 2 heterocycles. The number of likely N-dealkylation sites (tertiary alicyclic amines) is 1. The molecular weight excluding hydrogens is 554 g/mol. The Morgan fingerprint density at radius 3 is 2.30 bits per heavy atom. The highest BCUT2D eigenvalue weighted by Gasteiger charge is 2.42. The molecule has 0 bridgehead atoms. The fourth-order valence-corrected chi connectivity index (χ4v) is 7.72. The van der Waals surface area contributed by atoms with Crippen molar-refractivity contribution >= 4 is 28.7 Å². The van der Waals surface area contributed by atoms with Gasteiger partial charge in [0.2, 0.25) is 5.91 Å². The predicted molar refractivity (Wildman–Crippen MR) is 175 cm³/mol. The van der Waals surface area contributed by atoms with Crippen molar-refractivity contribution in [2.45, 2.75) is 135 Å². The van der Waals surface area contributed by atoms with Gasteiger partial charge < -0.3 is 25.0 Å². The van der Waals surface area contributed by atoms with Gasteiger partial charge in [0.15, 0.2) is 0 Å². The topological polar surface area (TPSA) is 112 Å². The Morgan fingerprint density at radius 2 is 1.64 bits per heavy atom. The molecule has 0 radical (unpaired) electrons. The molecule has 44 heavy (non-hydrogen) atoms. The van der Waals surface area contributed by atoms with Crippen molar-refractivity contribution in [3.63, 3.8) is 0 Å². The third-order valence-corrected chi connectivity index (χ3v) is 10.2. The molecule has 1 aromatic heterocycles. The minimum absolute atomic E-state index is 0.0908. The summed E-state index contributed by atoms with van der Waals surface area (Å²) in [7, 11) is 2.24. The Kier molecular flexibility index (Phi) is 12.3. The third kappa shape index (κ3) is 8.86. The zero-order chi connectivity index (χ0) is 31.8. The normalized spacial score (nSPS) is 25.3. The minimum Gasteiger partial charge on any atom is -0.481 e. The second-order valence-electron chi connectivity index (χ2n) is 14.0. The molecule has 2 fully saturated rings. The van der Waals surface area contributed by atoms with Crippen molar-refractivity contribution in [3.8, 4) is 0 Å². The van der Waals surface area contributed by atoms with Gasteiger partial charge in [-0.25, -0.2) is 0 Å². The Balaban J connectivity index is 0.000000314. The molecule has 1 saturated carbocycles. The number of rotatable bonds is 10. The molecule has 2 unspecified atom stereocenters. The molecule has 0 spiro atoms. The van der Waals surface area contributed by atoms with Crippen LogP contribution in [0, 0.1) is 11.8 Å². The number of fused-ring (bicyclic) bond motifs is 2. The summed E-state index contributed by atoms with van der Waals surface area (Å²) in [5.74, 6) is 0.0632. The Labute approximate surface area is 263 Å². The number of carbonyl (C=O) groups is 3. The number of hydrogen-bond donors (Lipinski definition) is 3. The largest absolute Gasteiger partial charge is 0.481 e. The molecule has 1 saturated heterocycles. The van der Waals surface area contributed by atoms with Gasteiger partial charge >= 0.3 is 11.9 Å². The van der Waals surface area contributed by atoms with E-state index in [0.717, 1.165) is 51.0 Å². The first-order chi connectivity index (χ1) is 21.0. The summed E-state index contributed by atoms with van der Waals surface area (Å²) in [6.45, 7) is 7.78. The van der Waals surface area contributed by atoms with Crippen molar-refractivity contribution in [2.24, 2.45) is 11.8 Å². The number of carboxylic acids is 2. The van der Waals surface area contributed by atoms with Crippen molar-refractivity contribution < 1.29 is 24.6 Å². The molecule has 5 atom stereocenters. The molecule has 2 aromatic rings. The van der Waals surface area contributed by atoms with Gasteiger partial charge in [-0.1, -0.05) is 51.2 Å². The first-order valence-corrected chi connectivity index (χ1v) is 17.1. The highest BCUT2D eigenvalue weighted by molar-refractivity contribution is 5.89. The Morgan fingerprint density at radius 1 is 0.955 bits per heavy atom. The third-order valence-electron chi connectivity index (χ3n) is 10.2. The SMILES string of the molecule is CC1CCCCC(NC(=O)[C@@H]2C[C@@H]3c4cccc5c4c(cn5C(C)C)C[C@H]3N(C)C2)CC1.O=C(O)CCCCCCC(=O)O. The van der Waals surface area contributed by atoms with Gasteiger partial charge in [0.05, 0.1) is 5.92 Å². The highest BCUT2D eigenvalue weighted by atomic mass is 16.4. The maximum absolute atomic E-state index is 13.4. The lowest BCUT2D eigenvalue weighted by Crippen LogP contribution is -2.52. The Hall–Kier alpha value is -2.87. The molecule has 1 aliphatic heterocycles. The van der Waals surface area contributed by atoms with Gasteiger partial charge in [0.1, 0.15) is 0 Å². The van der Waals surface area contributed by atoms with E-state index in [4.69, 9.17) is 10.2 Å². The van der Waals surface area contributed by atoms with E-state index in [-0.39, 0.29) is 18.8 Å². The average molecular weight is 610 g/mol. The lowest BCUT2D eigenvalue weighted by Gasteiger charge is -2.45. The number of unbranched alkanes of at least 4 members (excludes halogenated alkanes) is 3. The average Bonchev–Trinajstić information content (AvgIpc) is 3.35. The van der Waals surface area contributed by atoms with Crippen LogP contribution < -0.4 is 5.32 Å². The fourth-order valence-electron chi connectivity index (χ4n) is 7.72. The molecule has 244 valence electrons. The van der Waals surface area contributed by atoms with Gasteiger partial charge in [-0.3, -0.25) is 14.4 Å². The van der Waals surface area contributed by atoms with Crippen LogP contribution in [0.25, 0.3) is 10.9 Å². The van der Waals surface area contributed by atoms with E-state index in [2.05, 4.69) is 67.0 Å². The number of nitrogens with one attached hydrogen (secondary N) is 1. The molecule has 2 aliphatic carbocycles.